The maximum absolute atomic E-state index is 5.55. The minimum atomic E-state index is 0. The molecular weight excluding hydrogens is 214 g/mol. The largest absolute Gasteiger partial charge is 0.372 e. The summed E-state index contributed by atoms with van der Waals surface area (Å²) in [4.78, 5) is 8.58. The van der Waals surface area contributed by atoms with E-state index in [0.29, 0.717) is 6.54 Å². The summed E-state index contributed by atoms with van der Waals surface area (Å²) >= 11 is 0. The normalized spacial score (nSPS) is 19.9. The van der Waals surface area contributed by atoms with Gasteiger partial charge in [0, 0.05) is 19.2 Å². The van der Waals surface area contributed by atoms with Gasteiger partial charge in [-0.15, -0.1) is 12.4 Å². The van der Waals surface area contributed by atoms with E-state index in [2.05, 4.69) is 9.97 Å². The average molecular weight is 230 g/mol. The molecule has 1 aromatic rings. The Morgan fingerprint density at radius 3 is 3.07 bits per heavy atom. The quantitative estimate of drug-likeness (QED) is 0.848. The Kier molecular flexibility index (Phi) is 4.94. The molecule has 4 nitrogen and oxygen atoms in total. The van der Waals surface area contributed by atoms with Crippen LogP contribution in [-0.4, -0.2) is 23.1 Å². The van der Waals surface area contributed by atoms with Gasteiger partial charge in [-0.2, -0.15) is 0 Å². The maximum atomic E-state index is 5.55. The van der Waals surface area contributed by atoms with E-state index >= 15 is 0 Å². The SMILES string of the molecule is Cl.NCCc1nccc(C2CCCO2)n1. The second-order valence-corrected chi connectivity index (χ2v) is 3.44. The summed E-state index contributed by atoms with van der Waals surface area (Å²) in [6.07, 6.45) is 4.89. The van der Waals surface area contributed by atoms with Crippen LogP contribution < -0.4 is 5.73 Å². The molecule has 0 bridgehead atoms. The van der Waals surface area contributed by atoms with E-state index in [1.54, 1.807) is 6.20 Å². The van der Waals surface area contributed by atoms with Crippen LogP contribution in [-0.2, 0) is 11.2 Å². The Hall–Kier alpha value is -0.710. The van der Waals surface area contributed by atoms with Gasteiger partial charge >= 0.3 is 0 Å². The lowest BCUT2D eigenvalue weighted by Crippen LogP contribution is -2.09. The van der Waals surface area contributed by atoms with Gasteiger partial charge in [0.15, 0.2) is 0 Å². The van der Waals surface area contributed by atoms with Crippen LogP contribution in [0, 0.1) is 0 Å². The highest BCUT2D eigenvalue weighted by Gasteiger charge is 2.19. The molecule has 0 saturated carbocycles. The van der Waals surface area contributed by atoms with Crippen molar-refractivity contribution in [2.45, 2.75) is 25.4 Å². The highest BCUT2D eigenvalue weighted by atomic mass is 35.5. The van der Waals surface area contributed by atoms with Gasteiger partial charge in [-0.1, -0.05) is 0 Å². The van der Waals surface area contributed by atoms with Crippen molar-refractivity contribution in [2.24, 2.45) is 5.73 Å². The summed E-state index contributed by atoms with van der Waals surface area (Å²) in [5.74, 6) is 0.820. The van der Waals surface area contributed by atoms with E-state index in [1.165, 1.54) is 0 Å². The summed E-state index contributed by atoms with van der Waals surface area (Å²) in [6, 6.07) is 1.93. The zero-order chi connectivity index (χ0) is 9.80. The summed E-state index contributed by atoms with van der Waals surface area (Å²) in [5.41, 5.74) is 6.45. The minimum absolute atomic E-state index is 0. The summed E-state index contributed by atoms with van der Waals surface area (Å²) in [7, 11) is 0. The molecule has 1 saturated heterocycles. The molecule has 0 radical (unpaired) electrons. The van der Waals surface area contributed by atoms with Crippen LogP contribution in [0.3, 0.4) is 0 Å². The lowest BCUT2D eigenvalue weighted by molar-refractivity contribution is 0.108. The Labute approximate surface area is 95.7 Å². The number of hydrogen-bond acceptors (Lipinski definition) is 4. The molecule has 1 unspecified atom stereocenters. The monoisotopic (exact) mass is 229 g/mol. The second-order valence-electron chi connectivity index (χ2n) is 3.44. The number of aromatic nitrogens is 2. The van der Waals surface area contributed by atoms with Crippen molar-refractivity contribution in [3.8, 4) is 0 Å². The van der Waals surface area contributed by atoms with Crippen molar-refractivity contribution >= 4 is 12.4 Å². The minimum Gasteiger partial charge on any atom is -0.372 e. The maximum Gasteiger partial charge on any atom is 0.129 e. The van der Waals surface area contributed by atoms with Crippen LogP contribution in [0.4, 0.5) is 0 Å². The Morgan fingerprint density at radius 1 is 1.53 bits per heavy atom. The van der Waals surface area contributed by atoms with Crippen LogP contribution in [0.2, 0.25) is 0 Å². The van der Waals surface area contributed by atoms with E-state index in [-0.39, 0.29) is 18.5 Å². The highest BCUT2D eigenvalue weighted by Crippen LogP contribution is 2.26. The molecule has 1 atom stereocenters. The van der Waals surface area contributed by atoms with Crippen molar-refractivity contribution in [3.05, 3.63) is 23.8 Å². The number of halogens is 1. The van der Waals surface area contributed by atoms with Crippen molar-refractivity contribution in [2.75, 3.05) is 13.2 Å². The van der Waals surface area contributed by atoms with Crippen molar-refractivity contribution in [1.82, 2.24) is 9.97 Å². The number of nitrogens with zero attached hydrogens (tertiary/aromatic N) is 2. The molecule has 1 aliphatic heterocycles. The van der Waals surface area contributed by atoms with Crippen molar-refractivity contribution in [1.29, 1.82) is 0 Å². The highest BCUT2D eigenvalue weighted by molar-refractivity contribution is 5.85. The summed E-state index contributed by atoms with van der Waals surface area (Å²) < 4.78 is 5.55. The summed E-state index contributed by atoms with van der Waals surface area (Å²) in [5, 5.41) is 0. The number of hydrogen-bond donors (Lipinski definition) is 1. The Bertz CT molecular complexity index is 302. The van der Waals surface area contributed by atoms with Gasteiger partial charge in [0.25, 0.3) is 0 Å². The molecule has 15 heavy (non-hydrogen) atoms. The molecule has 2 rings (SSSR count). The second kappa shape index (κ2) is 6.00. The van der Waals surface area contributed by atoms with Crippen LogP contribution in [0.15, 0.2) is 12.3 Å². The fourth-order valence-corrected chi connectivity index (χ4v) is 1.65. The molecule has 0 aromatic carbocycles. The number of ether oxygens (including phenoxy) is 1. The van der Waals surface area contributed by atoms with Crippen molar-refractivity contribution < 1.29 is 4.74 Å². The van der Waals surface area contributed by atoms with Gasteiger partial charge in [0.05, 0.1) is 11.8 Å². The van der Waals surface area contributed by atoms with Crippen LogP contribution in [0.5, 0.6) is 0 Å². The summed E-state index contributed by atoms with van der Waals surface area (Å²) in [6.45, 7) is 1.44. The predicted molar refractivity (Wildman–Crippen MR) is 60.0 cm³/mol. The Morgan fingerprint density at radius 2 is 2.40 bits per heavy atom. The van der Waals surface area contributed by atoms with Crippen LogP contribution >= 0.6 is 12.4 Å². The smallest absolute Gasteiger partial charge is 0.129 e. The topological polar surface area (TPSA) is 61.0 Å². The van der Waals surface area contributed by atoms with Gasteiger partial charge in [0.1, 0.15) is 5.82 Å². The fraction of sp³-hybridized carbons (Fsp3) is 0.600. The standard InChI is InChI=1S/C10H15N3O.ClH/c11-5-3-10-12-6-4-8(13-10)9-2-1-7-14-9;/h4,6,9H,1-3,5,7,11H2;1H. The first-order valence-corrected chi connectivity index (χ1v) is 5.03. The molecule has 0 spiro atoms. The zero-order valence-corrected chi connectivity index (χ0v) is 9.37. The predicted octanol–water partition coefficient (Wildman–Crippen LogP) is 1.25. The molecule has 1 aromatic heterocycles. The number of rotatable bonds is 3. The third kappa shape index (κ3) is 3.12. The van der Waals surface area contributed by atoms with E-state index in [9.17, 15) is 0 Å². The lowest BCUT2D eigenvalue weighted by Gasteiger charge is -2.08. The average Bonchev–Trinajstić information content (AvgIpc) is 2.71. The first-order chi connectivity index (χ1) is 6.90. The molecule has 2 N–H and O–H groups in total. The van der Waals surface area contributed by atoms with Gasteiger partial charge < -0.3 is 10.5 Å². The van der Waals surface area contributed by atoms with Gasteiger partial charge in [0.2, 0.25) is 0 Å². The van der Waals surface area contributed by atoms with Gasteiger partial charge in [-0.3, -0.25) is 0 Å². The van der Waals surface area contributed by atoms with Crippen LogP contribution in [0.25, 0.3) is 0 Å². The zero-order valence-electron chi connectivity index (χ0n) is 8.56. The van der Waals surface area contributed by atoms with Gasteiger partial charge in [-0.25, -0.2) is 9.97 Å². The van der Waals surface area contributed by atoms with Gasteiger partial charge in [-0.05, 0) is 25.5 Å². The van der Waals surface area contributed by atoms with E-state index in [1.807, 2.05) is 6.07 Å². The molecule has 1 fully saturated rings. The molecule has 1 aliphatic rings. The molecule has 2 heterocycles. The lowest BCUT2D eigenvalue weighted by atomic mass is 10.2. The third-order valence-electron chi connectivity index (χ3n) is 2.35. The first-order valence-electron chi connectivity index (χ1n) is 5.03. The van der Waals surface area contributed by atoms with Crippen LogP contribution in [0.1, 0.15) is 30.5 Å². The molecule has 0 aliphatic carbocycles. The molecule has 5 heteroatoms. The van der Waals surface area contributed by atoms with Crippen molar-refractivity contribution in [3.63, 3.8) is 0 Å². The molecular formula is C10H16ClN3O. The fourth-order valence-electron chi connectivity index (χ4n) is 1.65. The third-order valence-corrected chi connectivity index (χ3v) is 2.35. The molecule has 84 valence electrons. The van der Waals surface area contributed by atoms with E-state index in [0.717, 1.165) is 37.4 Å². The molecule has 0 amide bonds. The number of nitrogens with two attached hydrogens (primary N) is 1. The first kappa shape index (κ1) is 12.4. The van der Waals surface area contributed by atoms with E-state index < -0.39 is 0 Å². The Balaban J connectivity index is 0.00000112. The van der Waals surface area contributed by atoms with E-state index in [4.69, 9.17) is 10.5 Å².